The number of H-pyrrole nitrogens is 1. The Morgan fingerprint density at radius 3 is 2.78 bits per heavy atom. The van der Waals surface area contributed by atoms with Crippen LogP contribution in [0.5, 0.6) is 11.5 Å². The van der Waals surface area contributed by atoms with E-state index in [0.29, 0.717) is 11.5 Å². The quantitative estimate of drug-likeness (QED) is 0.659. The summed E-state index contributed by atoms with van der Waals surface area (Å²) in [5.74, 6) is 1.35. The lowest BCUT2D eigenvalue weighted by Gasteiger charge is -2.25. The van der Waals surface area contributed by atoms with Crippen LogP contribution in [0.1, 0.15) is 17.5 Å². The van der Waals surface area contributed by atoms with Crippen LogP contribution < -0.4 is 14.2 Å². The molecule has 0 saturated carbocycles. The minimum atomic E-state index is -1.23. The molecule has 0 aliphatic carbocycles. The van der Waals surface area contributed by atoms with Crippen LogP contribution in [0.2, 0.25) is 0 Å². The minimum absolute atomic E-state index is 0.0703. The van der Waals surface area contributed by atoms with Crippen LogP contribution in [0.15, 0.2) is 54.1 Å². The van der Waals surface area contributed by atoms with Gasteiger partial charge in [0.05, 0.1) is 31.6 Å². The number of para-hydroxylation sites is 2. The minimum Gasteiger partial charge on any atom is -0.593 e. The van der Waals surface area contributed by atoms with Crippen LogP contribution in [0.4, 0.5) is 0 Å². The first-order valence-corrected chi connectivity index (χ1v) is 10.0. The first-order valence-electron chi connectivity index (χ1n) is 8.83. The van der Waals surface area contributed by atoms with Crippen LogP contribution in [0, 0.1) is 0 Å². The molecule has 140 valence electrons. The molecule has 0 saturated heterocycles. The second-order valence-corrected chi connectivity index (χ2v) is 7.63. The summed E-state index contributed by atoms with van der Waals surface area (Å²) < 4.78 is 26.6. The van der Waals surface area contributed by atoms with Crippen LogP contribution >= 0.6 is 0 Å². The molecule has 2 aromatic carbocycles. The third-order valence-corrected chi connectivity index (χ3v) is 5.95. The number of ether oxygens (including phenoxy) is 2. The topological polar surface area (TPSA) is 69.3 Å². The Morgan fingerprint density at radius 1 is 1.11 bits per heavy atom. The van der Waals surface area contributed by atoms with E-state index in [4.69, 9.17) is 9.47 Å². The molecular weight excluding hydrogens is 360 g/mol. The van der Waals surface area contributed by atoms with Gasteiger partial charge in [-0.15, -0.1) is 4.72 Å². The lowest BCUT2D eigenvalue weighted by molar-refractivity contribution is 0.354. The number of aromatic amines is 1. The van der Waals surface area contributed by atoms with E-state index in [-0.39, 0.29) is 6.04 Å². The molecule has 2 heterocycles. The van der Waals surface area contributed by atoms with E-state index in [9.17, 15) is 4.55 Å². The largest absolute Gasteiger partial charge is 0.593 e. The molecule has 1 aliphatic rings. The normalized spacial score (nSPS) is 19.7. The van der Waals surface area contributed by atoms with Gasteiger partial charge in [0.15, 0.2) is 11.5 Å². The summed E-state index contributed by atoms with van der Waals surface area (Å²) >= 11 is -1.23. The van der Waals surface area contributed by atoms with E-state index in [1.54, 1.807) is 19.6 Å². The van der Waals surface area contributed by atoms with Gasteiger partial charge >= 0.3 is 0 Å². The zero-order valence-corrected chi connectivity index (χ0v) is 16.1. The van der Waals surface area contributed by atoms with Gasteiger partial charge in [-0.25, -0.2) is 0 Å². The first-order chi connectivity index (χ1) is 13.2. The van der Waals surface area contributed by atoms with Crippen molar-refractivity contribution in [2.45, 2.75) is 18.9 Å². The highest BCUT2D eigenvalue weighted by Gasteiger charge is 2.27. The fourth-order valence-electron chi connectivity index (χ4n) is 3.68. The van der Waals surface area contributed by atoms with Crippen LogP contribution in [0.25, 0.3) is 16.5 Å². The van der Waals surface area contributed by atoms with Crippen molar-refractivity contribution in [1.29, 1.82) is 0 Å². The van der Waals surface area contributed by atoms with Crippen LogP contribution in [-0.4, -0.2) is 29.8 Å². The first kappa shape index (κ1) is 18.0. The lowest BCUT2D eigenvalue weighted by atomic mass is 9.95. The van der Waals surface area contributed by atoms with Gasteiger partial charge in [-0.05, 0) is 30.5 Å². The predicted octanol–water partition coefficient (Wildman–Crippen LogP) is 3.79. The zero-order valence-electron chi connectivity index (χ0n) is 15.3. The molecule has 0 spiro atoms. The van der Waals surface area contributed by atoms with E-state index in [0.717, 1.165) is 29.5 Å². The molecular formula is C21H22N2O3S. The SMILES string of the molecule is COc1cccc(C2=C[S@+]([O-])NC(Cc3c[nH]c4ccccc34)C2)c1OC. The second-order valence-electron chi connectivity index (χ2n) is 6.56. The number of fused-ring (bicyclic) bond motifs is 1. The maximum Gasteiger partial charge on any atom is 0.168 e. The zero-order chi connectivity index (χ0) is 18.8. The Labute approximate surface area is 161 Å². The van der Waals surface area contributed by atoms with Gasteiger partial charge in [0.2, 0.25) is 0 Å². The maximum absolute atomic E-state index is 12.4. The van der Waals surface area contributed by atoms with Crippen molar-refractivity contribution in [3.63, 3.8) is 0 Å². The number of nitrogens with one attached hydrogen (secondary N) is 2. The summed E-state index contributed by atoms with van der Waals surface area (Å²) in [6.07, 6.45) is 3.59. The average Bonchev–Trinajstić information content (AvgIpc) is 3.09. The molecule has 0 amide bonds. The Kier molecular flexibility index (Phi) is 5.11. The van der Waals surface area contributed by atoms with E-state index in [1.807, 2.05) is 36.5 Å². The number of hydrogen-bond donors (Lipinski definition) is 2. The Hall–Kier alpha value is -2.41. The van der Waals surface area contributed by atoms with Crippen molar-refractivity contribution < 1.29 is 14.0 Å². The molecule has 1 aliphatic heterocycles. The summed E-state index contributed by atoms with van der Waals surface area (Å²) in [5, 5.41) is 2.98. The standard InChI is InChI=1S/C21H22N2O3S/c1-25-20-9-5-7-18(21(20)26-2)15-11-16(23-27(24)13-15)10-14-12-22-19-8-4-3-6-17(14)19/h3-9,12-13,16,22-23H,10-11H2,1-2H3/t16?,27-/m0/s1. The highest BCUT2D eigenvalue weighted by atomic mass is 32.2. The molecule has 2 N–H and O–H groups in total. The number of benzene rings is 2. The van der Waals surface area contributed by atoms with Crippen LogP contribution in [-0.2, 0) is 17.8 Å². The average molecular weight is 382 g/mol. The van der Waals surface area contributed by atoms with E-state index < -0.39 is 11.4 Å². The van der Waals surface area contributed by atoms with Crippen molar-refractivity contribution in [3.8, 4) is 11.5 Å². The van der Waals surface area contributed by atoms with Gasteiger partial charge in [-0.2, -0.15) is 0 Å². The third kappa shape index (κ3) is 3.56. The summed E-state index contributed by atoms with van der Waals surface area (Å²) in [7, 11) is 3.25. The predicted molar refractivity (Wildman–Crippen MR) is 109 cm³/mol. The summed E-state index contributed by atoms with van der Waals surface area (Å²) in [4.78, 5) is 3.31. The Balaban J connectivity index is 1.62. The van der Waals surface area contributed by atoms with Crippen LogP contribution in [0.3, 0.4) is 0 Å². The van der Waals surface area contributed by atoms with E-state index in [1.165, 1.54) is 10.9 Å². The fourth-order valence-corrected chi connectivity index (χ4v) is 4.72. The number of hydrogen-bond acceptors (Lipinski definition) is 4. The van der Waals surface area contributed by atoms with Crippen molar-refractivity contribution in [1.82, 2.24) is 9.71 Å². The lowest BCUT2D eigenvalue weighted by Crippen LogP contribution is -2.38. The summed E-state index contributed by atoms with van der Waals surface area (Å²) in [5.41, 5.74) is 4.27. The molecule has 5 nitrogen and oxygen atoms in total. The van der Waals surface area contributed by atoms with Gasteiger partial charge in [-0.3, -0.25) is 0 Å². The molecule has 4 rings (SSSR count). The highest BCUT2D eigenvalue weighted by Crippen LogP contribution is 2.38. The van der Waals surface area contributed by atoms with E-state index >= 15 is 0 Å². The fraction of sp³-hybridized carbons (Fsp3) is 0.238. The Morgan fingerprint density at radius 2 is 1.96 bits per heavy atom. The monoisotopic (exact) mass is 382 g/mol. The molecule has 0 radical (unpaired) electrons. The van der Waals surface area contributed by atoms with E-state index in [2.05, 4.69) is 21.8 Å². The summed E-state index contributed by atoms with van der Waals surface area (Å²) in [6, 6.07) is 14.1. The molecule has 0 bridgehead atoms. The van der Waals surface area contributed by atoms with Gasteiger partial charge in [0, 0.05) is 28.2 Å². The third-order valence-electron chi connectivity index (χ3n) is 4.89. The van der Waals surface area contributed by atoms with Gasteiger partial charge in [0.25, 0.3) is 0 Å². The molecule has 0 fully saturated rings. The molecule has 6 heteroatoms. The number of aromatic nitrogens is 1. The maximum atomic E-state index is 12.4. The van der Waals surface area contributed by atoms with Crippen molar-refractivity contribution in [3.05, 3.63) is 65.2 Å². The number of rotatable bonds is 5. The van der Waals surface area contributed by atoms with Gasteiger partial charge in [-0.1, -0.05) is 30.3 Å². The molecule has 3 aromatic rings. The molecule has 2 atom stereocenters. The molecule has 1 aromatic heterocycles. The molecule has 1 unspecified atom stereocenters. The Bertz CT molecular complexity index is 982. The van der Waals surface area contributed by atoms with Gasteiger partial charge < -0.3 is 19.0 Å². The molecule has 27 heavy (non-hydrogen) atoms. The second kappa shape index (κ2) is 7.68. The van der Waals surface area contributed by atoms with Crippen molar-refractivity contribution in [2.24, 2.45) is 0 Å². The van der Waals surface area contributed by atoms with Gasteiger partial charge in [0.1, 0.15) is 5.41 Å². The van der Waals surface area contributed by atoms with Crippen molar-refractivity contribution in [2.75, 3.05) is 14.2 Å². The number of methoxy groups -OCH3 is 2. The summed E-state index contributed by atoms with van der Waals surface area (Å²) in [6.45, 7) is 0. The van der Waals surface area contributed by atoms with Crippen molar-refractivity contribution >= 4 is 27.8 Å². The smallest absolute Gasteiger partial charge is 0.168 e. The highest BCUT2D eigenvalue weighted by molar-refractivity contribution is 7.92.